The number of methoxy groups -OCH3 is 2. The topological polar surface area (TPSA) is 91.5 Å². The standard InChI is InChI=1S/C21H16F3N5O3/c1-10-4-13(23)11(5-12(10)22)6-15-19-26-8-17(21(30)32-3)29(19)9-16(27-15)18-25-7-14(24)20(28-18)31-2/h4-5,7-9H,6H2,1-3H3. The summed E-state index contributed by atoms with van der Waals surface area (Å²) in [7, 11) is 2.46. The van der Waals surface area contributed by atoms with Gasteiger partial charge < -0.3 is 9.47 Å². The van der Waals surface area contributed by atoms with Crippen LogP contribution < -0.4 is 4.74 Å². The van der Waals surface area contributed by atoms with Crippen LogP contribution in [0.1, 0.15) is 27.3 Å². The molecule has 0 fully saturated rings. The monoisotopic (exact) mass is 443 g/mol. The van der Waals surface area contributed by atoms with Crippen LogP contribution >= 0.6 is 0 Å². The first-order valence-corrected chi connectivity index (χ1v) is 9.29. The Morgan fingerprint density at radius 2 is 1.81 bits per heavy atom. The van der Waals surface area contributed by atoms with Crippen molar-refractivity contribution in [1.29, 1.82) is 0 Å². The Bertz CT molecular complexity index is 1360. The Labute approximate surface area is 179 Å². The third-order valence-corrected chi connectivity index (χ3v) is 4.78. The highest BCUT2D eigenvalue weighted by Gasteiger charge is 2.20. The van der Waals surface area contributed by atoms with Gasteiger partial charge in [0.25, 0.3) is 5.88 Å². The van der Waals surface area contributed by atoms with Crippen LogP contribution in [0.15, 0.2) is 30.7 Å². The van der Waals surface area contributed by atoms with E-state index in [1.807, 2.05) is 0 Å². The van der Waals surface area contributed by atoms with Crippen LogP contribution in [-0.4, -0.2) is 44.5 Å². The SMILES string of the molecule is COC(=O)c1cnc2c(Cc3cc(F)c(C)cc3F)nc(-c3ncc(F)c(OC)n3)cn12. The zero-order valence-corrected chi connectivity index (χ0v) is 17.2. The van der Waals surface area contributed by atoms with E-state index in [4.69, 9.17) is 9.47 Å². The lowest BCUT2D eigenvalue weighted by atomic mass is 10.1. The fourth-order valence-electron chi connectivity index (χ4n) is 3.15. The van der Waals surface area contributed by atoms with Crippen LogP contribution in [0.25, 0.3) is 17.2 Å². The number of carbonyl (C=O) groups is 1. The Hall–Kier alpha value is -4.02. The molecule has 0 aliphatic rings. The van der Waals surface area contributed by atoms with Gasteiger partial charge in [0.2, 0.25) is 5.82 Å². The third kappa shape index (κ3) is 3.72. The average molecular weight is 443 g/mol. The van der Waals surface area contributed by atoms with Crippen molar-refractivity contribution in [3.63, 3.8) is 0 Å². The zero-order chi connectivity index (χ0) is 23.0. The number of hydrogen-bond donors (Lipinski definition) is 0. The van der Waals surface area contributed by atoms with Crippen LogP contribution in [0.5, 0.6) is 5.88 Å². The Balaban J connectivity index is 1.93. The Kier molecular flexibility index (Phi) is 5.47. The molecule has 0 saturated heterocycles. The van der Waals surface area contributed by atoms with Crippen molar-refractivity contribution in [2.45, 2.75) is 13.3 Å². The van der Waals surface area contributed by atoms with Crippen LogP contribution in [0.4, 0.5) is 13.2 Å². The molecular formula is C21H16F3N5O3. The molecule has 1 aromatic carbocycles. The average Bonchev–Trinajstić information content (AvgIpc) is 3.21. The molecule has 4 aromatic rings. The lowest BCUT2D eigenvalue weighted by Gasteiger charge is -2.10. The quantitative estimate of drug-likeness (QED) is 0.437. The fraction of sp³-hybridized carbons (Fsp3) is 0.190. The smallest absolute Gasteiger partial charge is 0.356 e. The van der Waals surface area contributed by atoms with E-state index in [9.17, 15) is 18.0 Å². The summed E-state index contributed by atoms with van der Waals surface area (Å²) < 4.78 is 53.4. The molecule has 0 N–H and O–H groups in total. The van der Waals surface area contributed by atoms with E-state index in [1.165, 1.54) is 37.9 Å². The molecule has 32 heavy (non-hydrogen) atoms. The summed E-state index contributed by atoms with van der Waals surface area (Å²) in [4.78, 5) is 28.7. The molecule has 3 aromatic heterocycles. The predicted octanol–water partition coefficient (Wildman–Crippen LogP) is 3.30. The molecule has 0 spiro atoms. The van der Waals surface area contributed by atoms with E-state index < -0.39 is 23.4 Å². The largest absolute Gasteiger partial charge is 0.479 e. The van der Waals surface area contributed by atoms with Gasteiger partial charge in [-0.2, -0.15) is 9.37 Å². The first kappa shape index (κ1) is 21.2. The molecule has 0 unspecified atom stereocenters. The minimum absolute atomic E-state index is 0.00789. The Morgan fingerprint density at radius 1 is 1.03 bits per heavy atom. The van der Waals surface area contributed by atoms with E-state index in [1.54, 1.807) is 0 Å². The van der Waals surface area contributed by atoms with Crippen molar-refractivity contribution < 1.29 is 27.4 Å². The number of fused-ring (bicyclic) bond motifs is 1. The van der Waals surface area contributed by atoms with Gasteiger partial charge in [-0.3, -0.25) is 4.40 Å². The molecular weight excluding hydrogens is 427 g/mol. The molecule has 11 heteroatoms. The summed E-state index contributed by atoms with van der Waals surface area (Å²) in [5.74, 6) is -2.94. The van der Waals surface area contributed by atoms with Gasteiger partial charge in [-0.15, -0.1) is 0 Å². The molecule has 8 nitrogen and oxygen atoms in total. The van der Waals surface area contributed by atoms with E-state index >= 15 is 0 Å². The maximum Gasteiger partial charge on any atom is 0.356 e. The van der Waals surface area contributed by atoms with Gasteiger partial charge in [-0.1, -0.05) is 0 Å². The molecule has 4 rings (SSSR count). The molecule has 0 bridgehead atoms. The highest BCUT2D eigenvalue weighted by Crippen LogP contribution is 2.24. The van der Waals surface area contributed by atoms with Gasteiger partial charge in [0.05, 0.1) is 32.3 Å². The zero-order valence-electron chi connectivity index (χ0n) is 17.2. The van der Waals surface area contributed by atoms with Crippen molar-refractivity contribution in [2.24, 2.45) is 0 Å². The first-order chi connectivity index (χ1) is 15.3. The summed E-state index contributed by atoms with van der Waals surface area (Å²) in [6.07, 6.45) is 3.46. The molecule has 0 amide bonds. The van der Waals surface area contributed by atoms with Gasteiger partial charge in [0.1, 0.15) is 17.3 Å². The number of aromatic nitrogens is 5. The van der Waals surface area contributed by atoms with Crippen LogP contribution in [0.3, 0.4) is 0 Å². The minimum atomic E-state index is -0.771. The number of benzene rings is 1. The third-order valence-electron chi connectivity index (χ3n) is 4.78. The highest BCUT2D eigenvalue weighted by molar-refractivity contribution is 5.88. The molecule has 164 valence electrons. The lowest BCUT2D eigenvalue weighted by molar-refractivity contribution is 0.0593. The number of ether oxygens (including phenoxy) is 2. The number of esters is 1. The van der Waals surface area contributed by atoms with E-state index in [2.05, 4.69) is 19.9 Å². The van der Waals surface area contributed by atoms with Gasteiger partial charge in [0.15, 0.2) is 17.2 Å². The second-order valence-corrected chi connectivity index (χ2v) is 6.82. The van der Waals surface area contributed by atoms with Crippen LogP contribution in [0.2, 0.25) is 0 Å². The number of rotatable bonds is 5. The normalized spacial score (nSPS) is 11.1. The number of imidazole rings is 1. The summed E-state index contributed by atoms with van der Waals surface area (Å²) in [5, 5.41) is 0. The maximum absolute atomic E-state index is 14.5. The Morgan fingerprint density at radius 3 is 2.53 bits per heavy atom. The number of nitrogens with zero attached hydrogens (tertiary/aromatic N) is 5. The maximum atomic E-state index is 14.5. The summed E-state index contributed by atoms with van der Waals surface area (Å²) >= 11 is 0. The molecule has 0 aliphatic carbocycles. The van der Waals surface area contributed by atoms with Gasteiger partial charge >= 0.3 is 5.97 Å². The van der Waals surface area contributed by atoms with Crippen molar-refractivity contribution in [3.8, 4) is 17.4 Å². The van der Waals surface area contributed by atoms with Crippen LogP contribution in [-0.2, 0) is 11.2 Å². The fourth-order valence-corrected chi connectivity index (χ4v) is 3.15. The summed E-state index contributed by atoms with van der Waals surface area (Å²) in [6.45, 7) is 1.45. The predicted molar refractivity (Wildman–Crippen MR) is 106 cm³/mol. The van der Waals surface area contributed by atoms with Gasteiger partial charge in [-0.05, 0) is 30.2 Å². The van der Waals surface area contributed by atoms with Gasteiger partial charge in [-0.25, -0.2) is 28.5 Å². The van der Waals surface area contributed by atoms with Crippen molar-refractivity contribution in [3.05, 3.63) is 70.7 Å². The molecule has 0 aliphatic heterocycles. The lowest BCUT2D eigenvalue weighted by Crippen LogP contribution is -2.09. The summed E-state index contributed by atoms with van der Waals surface area (Å²) in [6, 6.07) is 2.17. The number of hydrogen-bond acceptors (Lipinski definition) is 7. The van der Waals surface area contributed by atoms with E-state index in [0.717, 1.165) is 18.3 Å². The molecule has 0 saturated carbocycles. The van der Waals surface area contributed by atoms with E-state index in [0.29, 0.717) is 0 Å². The van der Waals surface area contributed by atoms with Crippen molar-refractivity contribution >= 4 is 11.6 Å². The molecule has 3 heterocycles. The first-order valence-electron chi connectivity index (χ1n) is 9.29. The van der Waals surface area contributed by atoms with E-state index in [-0.39, 0.29) is 52.0 Å². The second kappa shape index (κ2) is 8.25. The number of aryl methyl sites for hydroxylation is 1. The van der Waals surface area contributed by atoms with Crippen LogP contribution in [0, 0.1) is 24.4 Å². The van der Waals surface area contributed by atoms with Gasteiger partial charge in [0, 0.05) is 12.6 Å². The van der Waals surface area contributed by atoms with Crippen molar-refractivity contribution in [1.82, 2.24) is 24.3 Å². The highest BCUT2D eigenvalue weighted by atomic mass is 19.1. The molecule has 0 atom stereocenters. The minimum Gasteiger partial charge on any atom is -0.479 e. The van der Waals surface area contributed by atoms with Crippen molar-refractivity contribution in [2.75, 3.05) is 14.2 Å². The number of halogens is 3. The summed E-state index contributed by atoms with van der Waals surface area (Å²) in [5.41, 5.74) is 0.841. The number of carbonyl (C=O) groups excluding carboxylic acids is 1. The second-order valence-electron chi connectivity index (χ2n) is 6.82. The molecule has 0 radical (unpaired) electrons.